The minimum absolute atomic E-state index is 0.00945. The van der Waals surface area contributed by atoms with Crippen LogP contribution in [0.25, 0.3) is 0 Å². The predicted octanol–water partition coefficient (Wildman–Crippen LogP) is 1.43. The minimum atomic E-state index is 0.00945. The Labute approximate surface area is 67.8 Å². The van der Waals surface area contributed by atoms with Crippen LogP contribution in [0, 0.1) is 0 Å². The molecule has 0 saturated carbocycles. The summed E-state index contributed by atoms with van der Waals surface area (Å²) in [6, 6.07) is 0.00945. The number of allylic oxidation sites excluding steroid dienone is 3. The van der Waals surface area contributed by atoms with Gasteiger partial charge >= 0.3 is 0 Å². The first-order chi connectivity index (χ1) is 5.20. The molecule has 1 atom stereocenters. The molecule has 0 unspecified atom stereocenters. The lowest BCUT2D eigenvalue weighted by molar-refractivity contribution is -0.104. The van der Waals surface area contributed by atoms with Crippen LogP contribution >= 0.6 is 0 Å². The molecule has 2 N–H and O–H groups in total. The predicted molar refractivity (Wildman–Crippen MR) is 47.2 cm³/mol. The molecule has 0 bridgehead atoms. The molecule has 0 amide bonds. The molecule has 0 saturated heterocycles. The minimum Gasteiger partial charge on any atom is -0.325 e. The van der Waals surface area contributed by atoms with Crippen LogP contribution in [0.4, 0.5) is 0 Å². The van der Waals surface area contributed by atoms with Gasteiger partial charge in [0.05, 0.1) is 0 Å². The molecular weight excluding hydrogens is 138 g/mol. The van der Waals surface area contributed by atoms with Gasteiger partial charge in [0.2, 0.25) is 0 Å². The molecule has 0 aromatic carbocycles. The van der Waals surface area contributed by atoms with E-state index in [0.717, 1.165) is 12.7 Å². The second-order valence-electron chi connectivity index (χ2n) is 2.45. The number of aldehydes is 1. The molecule has 0 fully saturated rings. The van der Waals surface area contributed by atoms with Crippen molar-refractivity contribution in [3.05, 3.63) is 23.8 Å². The summed E-state index contributed by atoms with van der Waals surface area (Å²) in [5.74, 6) is 0. The molecule has 0 aromatic heterocycles. The first-order valence-electron chi connectivity index (χ1n) is 3.79. The Hall–Kier alpha value is -0.890. The fourth-order valence-electron chi connectivity index (χ4n) is 0.654. The number of rotatable bonds is 4. The van der Waals surface area contributed by atoms with Gasteiger partial charge in [0.15, 0.2) is 0 Å². The maximum absolute atomic E-state index is 10.3. The quantitative estimate of drug-likeness (QED) is 0.377. The molecule has 0 heterocycles. The normalized spacial score (nSPS) is 15.4. The number of hydrogen-bond donors (Lipinski definition) is 1. The summed E-state index contributed by atoms with van der Waals surface area (Å²) < 4.78 is 0. The van der Waals surface area contributed by atoms with E-state index in [2.05, 4.69) is 0 Å². The lowest BCUT2D eigenvalue weighted by Crippen LogP contribution is -2.10. The molecule has 0 aliphatic carbocycles. The highest BCUT2D eigenvalue weighted by molar-refractivity contribution is 5.77. The monoisotopic (exact) mass is 153 g/mol. The van der Waals surface area contributed by atoms with Gasteiger partial charge in [-0.3, -0.25) is 4.79 Å². The Morgan fingerprint density at radius 2 is 2.27 bits per heavy atom. The van der Waals surface area contributed by atoms with Gasteiger partial charge < -0.3 is 5.73 Å². The fourth-order valence-corrected chi connectivity index (χ4v) is 0.654. The number of nitrogens with two attached hydrogens (primary N) is 1. The summed E-state index contributed by atoms with van der Waals surface area (Å²) in [6.45, 7) is 3.86. The molecule has 0 spiro atoms. The van der Waals surface area contributed by atoms with Gasteiger partial charge in [-0.25, -0.2) is 0 Å². The van der Waals surface area contributed by atoms with Crippen LogP contribution in [-0.2, 0) is 4.79 Å². The molecule has 2 nitrogen and oxygen atoms in total. The first-order valence-corrected chi connectivity index (χ1v) is 3.79. The van der Waals surface area contributed by atoms with Crippen molar-refractivity contribution in [2.24, 2.45) is 5.73 Å². The molecule has 0 aromatic rings. The lowest BCUT2D eigenvalue weighted by atomic mass is 10.2. The molecule has 0 radical (unpaired) electrons. The third-order valence-corrected chi connectivity index (χ3v) is 1.17. The second-order valence-corrected chi connectivity index (χ2v) is 2.45. The van der Waals surface area contributed by atoms with Crippen LogP contribution in [0.2, 0.25) is 0 Å². The lowest BCUT2D eigenvalue weighted by Gasteiger charge is -1.93. The SMILES string of the molecule is CC/C=C(C=O)\C=C/[C@H](C)N. The summed E-state index contributed by atoms with van der Waals surface area (Å²) in [6.07, 6.45) is 7.13. The number of carbonyl (C=O) groups is 1. The molecular formula is C9H15NO. The highest BCUT2D eigenvalue weighted by Crippen LogP contribution is 1.95. The Balaban J connectivity index is 4.08. The van der Waals surface area contributed by atoms with Gasteiger partial charge in [-0.15, -0.1) is 0 Å². The first kappa shape index (κ1) is 10.1. The van der Waals surface area contributed by atoms with E-state index in [9.17, 15) is 4.79 Å². The smallest absolute Gasteiger partial charge is 0.149 e. The largest absolute Gasteiger partial charge is 0.325 e. The van der Waals surface area contributed by atoms with E-state index >= 15 is 0 Å². The molecule has 0 aliphatic heterocycles. The molecule has 0 aliphatic rings. The van der Waals surface area contributed by atoms with Crippen LogP contribution in [0.3, 0.4) is 0 Å². The summed E-state index contributed by atoms with van der Waals surface area (Å²) >= 11 is 0. The Morgan fingerprint density at radius 1 is 1.64 bits per heavy atom. The third kappa shape index (κ3) is 5.55. The van der Waals surface area contributed by atoms with Crippen molar-refractivity contribution in [1.82, 2.24) is 0 Å². The van der Waals surface area contributed by atoms with Gasteiger partial charge in [-0.1, -0.05) is 25.2 Å². The van der Waals surface area contributed by atoms with Crippen LogP contribution in [-0.4, -0.2) is 12.3 Å². The fraction of sp³-hybridized carbons (Fsp3) is 0.444. The van der Waals surface area contributed by atoms with E-state index in [1.807, 2.05) is 19.9 Å². The topological polar surface area (TPSA) is 43.1 Å². The molecule has 0 rings (SSSR count). The summed E-state index contributed by atoms with van der Waals surface area (Å²) in [5, 5.41) is 0. The Morgan fingerprint density at radius 3 is 2.64 bits per heavy atom. The van der Waals surface area contributed by atoms with Crippen molar-refractivity contribution in [3.8, 4) is 0 Å². The standard InChI is InChI=1S/C9H15NO/c1-3-4-9(7-11)6-5-8(2)10/h4-8H,3,10H2,1-2H3/b6-5-,9-4+/t8-/m0/s1. The molecule has 2 heteroatoms. The van der Waals surface area contributed by atoms with E-state index in [4.69, 9.17) is 5.73 Å². The van der Waals surface area contributed by atoms with Crippen molar-refractivity contribution in [3.63, 3.8) is 0 Å². The van der Waals surface area contributed by atoms with Gasteiger partial charge in [0.25, 0.3) is 0 Å². The highest BCUT2D eigenvalue weighted by Gasteiger charge is 1.87. The Kier molecular flexibility index (Phi) is 5.39. The highest BCUT2D eigenvalue weighted by atomic mass is 16.1. The van der Waals surface area contributed by atoms with E-state index in [1.54, 1.807) is 12.2 Å². The van der Waals surface area contributed by atoms with E-state index in [1.165, 1.54) is 0 Å². The number of hydrogen-bond acceptors (Lipinski definition) is 2. The molecule has 62 valence electrons. The van der Waals surface area contributed by atoms with Crippen molar-refractivity contribution in [1.29, 1.82) is 0 Å². The van der Waals surface area contributed by atoms with Gasteiger partial charge in [0, 0.05) is 11.6 Å². The average molecular weight is 153 g/mol. The summed E-state index contributed by atoms with van der Waals surface area (Å²) in [5.41, 5.74) is 6.16. The van der Waals surface area contributed by atoms with Gasteiger partial charge in [-0.05, 0) is 13.3 Å². The van der Waals surface area contributed by atoms with E-state index in [-0.39, 0.29) is 6.04 Å². The van der Waals surface area contributed by atoms with Crippen LogP contribution in [0.1, 0.15) is 20.3 Å². The van der Waals surface area contributed by atoms with Crippen molar-refractivity contribution >= 4 is 6.29 Å². The van der Waals surface area contributed by atoms with Crippen LogP contribution < -0.4 is 5.73 Å². The van der Waals surface area contributed by atoms with Gasteiger partial charge in [0.1, 0.15) is 6.29 Å². The number of carbonyl (C=O) groups excluding carboxylic acids is 1. The zero-order valence-corrected chi connectivity index (χ0v) is 7.08. The zero-order chi connectivity index (χ0) is 8.69. The van der Waals surface area contributed by atoms with Crippen LogP contribution in [0.5, 0.6) is 0 Å². The van der Waals surface area contributed by atoms with Crippen molar-refractivity contribution in [2.75, 3.05) is 0 Å². The van der Waals surface area contributed by atoms with E-state index < -0.39 is 0 Å². The second kappa shape index (κ2) is 5.86. The maximum Gasteiger partial charge on any atom is 0.149 e. The third-order valence-electron chi connectivity index (χ3n) is 1.17. The maximum atomic E-state index is 10.3. The summed E-state index contributed by atoms with van der Waals surface area (Å²) in [4.78, 5) is 10.3. The average Bonchev–Trinajstić information content (AvgIpc) is 1.97. The zero-order valence-electron chi connectivity index (χ0n) is 7.08. The van der Waals surface area contributed by atoms with Crippen molar-refractivity contribution in [2.45, 2.75) is 26.3 Å². The summed E-state index contributed by atoms with van der Waals surface area (Å²) in [7, 11) is 0. The Bertz CT molecular complexity index is 168. The van der Waals surface area contributed by atoms with Crippen molar-refractivity contribution < 1.29 is 4.79 Å². The van der Waals surface area contributed by atoms with Gasteiger partial charge in [-0.2, -0.15) is 0 Å². The van der Waals surface area contributed by atoms with Crippen LogP contribution in [0.15, 0.2) is 23.8 Å². The van der Waals surface area contributed by atoms with E-state index in [0.29, 0.717) is 5.57 Å². The molecule has 11 heavy (non-hydrogen) atoms.